The van der Waals surface area contributed by atoms with Gasteiger partial charge in [0.15, 0.2) is 0 Å². The van der Waals surface area contributed by atoms with Crippen molar-refractivity contribution >= 4 is 5.69 Å². The lowest BCUT2D eigenvalue weighted by Gasteiger charge is -2.09. The van der Waals surface area contributed by atoms with E-state index in [4.69, 9.17) is 29.4 Å². The molecule has 0 heterocycles. The number of benzene rings is 1. The summed E-state index contributed by atoms with van der Waals surface area (Å²) in [5.41, 5.74) is 6.44. The second-order valence-corrected chi connectivity index (χ2v) is 7.31. The molecule has 0 fully saturated rings. The van der Waals surface area contributed by atoms with E-state index in [-0.39, 0.29) is 0 Å². The number of unbranched alkanes of at least 4 members (excludes halogenated alkanes) is 7. The molecule has 1 rings (SSSR count). The zero-order chi connectivity index (χ0) is 21.5. The van der Waals surface area contributed by atoms with Crippen molar-refractivity contribution < 1.29 is 23.7 Å². The van der Waals surface area contributed by atoms with Crippen molar-refractivity contribution in [3.05, 3.63) is 24.3 Å². The van der Waals surface area contributed by atoms with Crippen LogP contribution in [0, 0.1) is 0 Å². The number of nitrogens with two attached hydrogens (primary N) is 1. The van der Waals surface area contributed by atoms with E-state index in [0.29, 0.717) is 64.3 Å². The highest BCUT2D eigenvalue weighted by Gasteiger charge is 1.98. The predicted molar refractivity (Wildman–Crippen MR) is 122 cm³/mol. The quantitative estimate of drug-likeness (QED) is 0.211. The molecule has 0 spiro atoms. The first kappa shape index (κ1) is 26.7. The van der Waals surface area contributed by atoms with Crippen molar-refractivity contribution in [2.45, 2.75) is 58.3 Å². The van der Waals surface area contributed by atoms with Gasteiger partial charge in [0, 0.05) is 6.61 Å². The summed E-state index contributed by atoms with van der Waals surface area (Å²) in [7, 11) is 0. The van der Waals surface area contributed by atoms with Crippen molar-refractivity contribution in [3.63, 3.8) is 0 Å². The molecule has 0 amide bonds. The summed E-state index contributed by atoms with van der Waals surface area (Å²) in [5, 5.41) is 0. The topological polar surface area (TPSA) is 72.2 Å². The van der Waals surface area contributed by atoms with Crippen LogP contribution in [-0.2, 0) is 18.9 Å². The number of rotatable bonds is 22. The molecule has 0 aliphatic carbocycles. The fourth-order valence-electron chi connectivity index (χ4n) is 2.92. The summed E-state index contributed by atoms with van der Waals surface area (Å²) in [6, 6.07) is 7.44. The Labute approximate surface area is 183 Å². The fraction of sp³-hybridized carbons (Fsp3) is 0.750. The first-order chi connectivity index (χ1) is 14.8. The molecule has 0 unspecified atom stereocenters. The predicted octanol–water partition coefficient (Wildman–Crippen LogP) is 4.85. The third-order valence-corrected chi connectivity index (χ3v) is 4.66. The molecule has 0 aliphatic heterocycles. The van der Waals surface area contributed by atoms with Crippen LogP contribution in [0.2, 0.25) is 0 Å². The van der Waals surface area contributed by atoms with Gasteiger partial charge in [0.05, 0.1) is 51.9 Å². The Kier molecular flexibility index (Phi) is 18.6. The number of hydrogen-bond donors (Lipinski definition) is 1. The Morgan fingerprint density at radius 3 is 1.60 bits per heavy atom. The van der Waals surface area contributed by atoms with Crippen molar-refractivity contribution in [1.29, 1.82) is 0 Å². The third-order valence-electron chi connectivity index (χ3n) is 4.66. The van der Waals surface area contributed by atoms with Gasteiger partial charge < -0.3 is 29.4 Å². The van der Waals surface area contributed by atoms with E-state index >= 15 is 0 Å². The minimum Gasteiger partial charge on any atom is -0.489 e. The minimum atomic E-state index is 0.469. The van der Waals surface area contributed by atoms with E-state index in [0.717, 1.165) is 13.0 Å². The monoisotopic (exact) mass is 425 g/mol. The van der Waals surface area contributed by atoms with Crippen LogP contribution in [-0.4, -0.2) is 59.5 Å². The molecule has 0 aromatic heterocycles. The number of ether oxygens (including phenoxy) is 5. The second-order valence-electron chi connectivity index (χ2n) is 7.31. The Balaban J connectivity index is 1.70. The molecule has 0 radical (unpaired) electrons. The summed E-state index contributed by atoms with van der Waals surface area (Å²) < 4.78 is 27.6. The van der Waals surface area contributed by atoms with Gasteiger partial charge in [-0.25, -0.2) is 0 Å². The average Bonchev–Trinajstić information content (AvgIpc) is 2.76. The van der Waals surface area contributed by atoms with Crippen LogP contribution in [0.25, 0.3) is 0 Å². The van der Waals surface area contributed by atoms with Gasteiger partial charge in [-0.15, -0.1) is 0 Å². The van der Waals surface area contributed by atoms with Crippen LogP contribution in [0.15, 0.2) is 24.3 Å². The van der Waals surface area contributed by atoms with Gasteiger partial charge in [-0.1, -0.05) is 64.0 Å². The molecule has 6 heteroatoms. The summed E-state index contributed by atoms with van der Waals surface area (Å²) in [6.45, 7) is 7.58. The first-order valence-electron chi connectivity index (χ1n) is 11.6. The molecule has 0 bridgehead atoms. The molecule has 30 heavy (non-hydrogen) atoms. The summed E-state index contributed by atoms with van der Waals surface area (Å²) in [4.78, 5) is 0. The average molecular weight is 426 g/mol. The highest BCUT2D eigenvalue weighted by atomic mass is 16.6. The molecular formula is C24H43NO5. The number of nitrogen functional groups attached to an aromatic ring is 1. The normalized spacial score (nSPS) is 11.1. The van der Waals surface area contributed by atoms with Crippen LogP contribution in [0.4, 0.5) is 5.69 Å². The zero-order valence-electron chi connectivity index (χ0n) is 18.9. The lowest BCUT2D eigenvalue weighted by molar-refractivity contribution is -0.00485. The maximum absolute atomic E-state index is 5.80. The maximum Gasteiger partial charge on any atom is 0.142 e. The van der Waals surface area contributed by atoms with Gasteiger partial charge in [0.25, 0.3) is 0 Å². The molecule has 1 aromatic rings. The second kappa shape index (κ2) is 20.9. The number of anilines is 1. The largest absolute Gasteiger partial charge is 0.489 e. The molecule has 0 saturated carbocycles. The van der Waals surface area contributed by atoms with Gasteiger partial charge in [0.2, 0.25) is 0 Å². The van der Waals surface area contributed by atoms with Gasteiger partial charge in [-0.05, 0) is 18.6 Å². The van der Waals surface area contributed by atoms with E-state index in [2.05, 4.69) is 6.92 Å². The maximum atomic E-state index is 5.80. The lowest BCUT2D eigenvalue weighted by Crippen LogP contribution is -2.14. The highest BCUT2D eigenvalue weighted by molar-refractivity contribution is 5.51. The van der Waals surface area contributed by atoms with Gasteiger partial charge in [0.1, 0.15) is 12.4 Å². The SMILES string of the molecule is CCCCCCCCCCOCCOCCOCCOCCOc1ccccc1N. The van der Waals surface area contributed by atoms with Crippen molar-refractivity contribution in [1.82, 2.24) is 0 Å². The van der Waals surface area contributed by atoms with Crippen molar-refractivity contribution in [2.24, 2.45) is 0 Å². The molecule has 0 aliphatic rings. The van der Waals surface area contributed by atoms with Crippen molar-refractivity contribution in [2.75, 3.05) is 65.2 Å². The molecule has 1 aromatic carbocycles. The van der Waals surface area contributed by atoms with Crippen LogP contribution in [0.3, 0.4) is 0 Å². The Morgan fingerprint density at radius 2 is 1.03 bits per heavy atom. The first-order valence-corrected chi connectivity index (χ1v) is 11.6. The fourth-order valence-corrected chi connectivity index (χ4v) is 2.92. The minimum absolute atomic E-state index is 0.469. The molecule has 2 N–H and O–H groups in total. The Bertz CT molecular complexity index is 486. The zero-order valence-corrected chi connectivity index (χ0v) is 18.9. The standard InChI is InChI=1S/C24H43NO5/c1-2-3-4-5-6-7-8-11-14-26-15-16-27-17-18-28-19-20-29-21-22-30-24-13-10-9-12-23(24)25/h9-10,12-13H,2-8,11,14-22,25H2,1H3. The smallest absolute Gasteiger partial charge is 0.142 e. The van der Waals surface area contributed by atoms with Gasteiger partial charge in [-0.3, -0.25) is 0 Å². The van der Waals surface area contributed by atoms with E-state index in [1.165, 1.54) is 44.9 Å². The molecule has 0 atom stereocenters. The Hall–Kier alpha value is -1.34. The number of para-hydroxylation sites is 2. The number of hydrogen-bond acceptors (Lipinski definition) is 6. The van der Waals surface area contributed by atoms with Crippen LogP contribution >= 0.6 is 0 Å². The molecule has 174 valence electrons. The lowest BCUT2D eigenvalue weighted by atomic mass is 10.1. The van der Waals surface area contributed by atoms with E-state index in [1.54, 1.807) is 0 Å². The molecule has 6 nitrogen and oxygen atoms in total. The van der Waals surface area contributed by atoms with E-state index < -0.39 is 0 Å². The van der Waals surface area contributed by atoms with Crippen LogP contribution < -0.4 is 10.5 Å². The summed E-state index contributed by atoms with van der Waals surface area (Å²) in [5.74, 6) is 0.691. The highest BCUT2D eigenvalue weighted by Crippen LogP contribution is 2.19. The summed E-state index contributed by atoms with van der Waals surface area (Å²) in [6.07, 6.45) is 10.6. The van der Waals surface area contributed by atoms with Crippen LogP contribution in [0.5, 0.6) is 5.75 Å². The molecular weight excluding hydrogens is 382 g/mol. The van der Waals surface area contributed by atoms with E-state index in [1.807, 2.05) is 24.3 Å². The third kappa shape index (κ3) is 16.5. The molecule has 0 saturated heterocycles. The summed E-state index contributed by atoms with van der Waals surface area (Å²) >= 11 is 0. The van der Waals surface area contributed by atoms with Gasteiger partial charge in [-0.2, -0.15) is 0 Å². The van der Waals surface area contributed by atoms with E-state index in [9.17, 15) is 0 Å². The van der Waals surface area contributed by atoms with Crippen LogP contribution in [0.1, 0.15) is 58.3 Å². The Morgan fingerprint density at radius 1 is 0.567 bits per heavy atom. The van der Waals surface area contributed by atoms with Gasteiger partial charge >= 0.3 is 0 Å². The van der Waals surface area contributed by atoms with Crippen molar-refractivity contribution in [3.8, 4) is 5.75 Å².